The van der Waals surface area contributed by atoms with Crippen LogP contribution in [0.25, 0.3) is 0 Å². The summed E-state index contributed by atoms with van der Waals surface area (Å²) < 4.78 is 26.2. The van der Waals surface area contributed by atoms with Crippen molar-refractivity contribution in [2.75, 3.05) is 13.6 Å². The van der Waals surface area contributed by atoms with Crippen LogP contribution in [0.15, 0.2) is 29.2 Å². The maximum atomic E-state index is 12.4. The van der Waals surface area contributed by atoms with Crippen molar-refractivity contribution in [1.29, 1.82) is 0 Å². The molecule has 4 nitrogen and oxygen atoms in total. The molecule has 0 saturated heterocycles. The SMILES string of the molecule is CC1CC1CN(C)S(=O)(=O)c1ccccc1CO. The number of benzene rings is 1. The van der Waals surface area contributed by atoms with E-state index in [0.717, 1.165) is 6.42 Å². The molecule has 2 rings (SSSR count). The molecule has 1 N–H and O–H groups in total. The average Bonchev–Trinajstić information content (AvgIpc) is 3.04. The Bertz CT molecular complexity index is 527. The Balaban J connectivity index is 2.24. The molecule has 1 fully saturated rings. The van der Waals surface area contributed by atoms with Gasteiger partial charge < -0.3 is 5.11 Å². The van der Waals surface area contributed by atoms with Gasteiger partial charge in [0.1, 0.15) is 0 Å². The molecule has 0 amide bonds. The zero-order valence-electron chi connectivity index (χ0n) is 10.7. The van der Waals surface area contributed by atoms with Crippen molar-refractivity contribution in [3.8, 4) is 0 Å². The largest absolute Gasteiger partial charge is 0.392 e. The Morgan fingerprint density at radius 3 is 2.56 bits per heavy atom. The lowest BCUT2D eigenvalue weighted by Crippen LogP contribution is -2.30. The van der Waals surface area contributed by atoms with E-state index in [2.05, 4.69) is 6.92 Å². The second-order valence-corrected chi connectivity index (χ2v) is 7.04. The van der Waals surface area contributed by atoms with Gasteiger partial charge in [-0.3, -0.25) is 0 Å². The lowest BCUT2D eigenvalue weighted by atomic mass is 10.2. The Kier molecular flexibility index (Phi) is 3.75. The molecule has 1 saturated carbocycles. The quantitative estimate of drug-likeness (QED) is 0.880. The molecule has 2 atom stereocenters. The molecule has 5 heteroatoms. The van der Waals surface area contributed by atoms with Gasteiger partial charge in [-0.25, -0.2) is 12.7 Å². The highest BCUT2D eigenvalue weighted by Crippen LogP contribution is 2.38. The van der Waals surface area contributed by atoms with Crippen molar-refractivity contribution in [3.63, 3.8) is 0 Å². The molecule has 1 aliphatic rings. The van der Waals surface area contributed by atoms with Crippen LogP contribution in [-0.2, 0) is 16.6 Å². The van der Waals surface area contributed by atoms with Crippen LogP contribution in [-0.4, -0.2) is 31.4 Å². The molecule has 0 bridgehead atoms. The van der Waals surface area contributed by atoms with Crippen LogP contribution in [0.3, 0.4) is 0 Å². The van der Waals surface area contributed by atoms with Crippen molar-refractivity contribution in [2.24, 2.45) is 11.8 Å². The predicted molar refractivity (Wildman–Crippen MR) is 69.5 cm³/mol. The topological polar surface area (TPSA) is 57.6 Å². The number of sulfonamides is 1. The molecule has 0 aromatic heterocycles. The number of hydrogen-bond acceptors (Lipinski definition) is 3. The summed E-state index contributed by atoms with van der Waals surface area (Å²) in [7, 11) is -1.88. The Morgan fingerprint density at radius 2 is 2.00 bits per heavy atom. The minimum atomic E-state index is -3.49. The van der Waals surface area contributed by atoms with Gasteiger partial charge in [-0.05, 0) is 29.9 Å². The normalized spacial score (nSPS) is 23.3. The van der Waals surface area contributed by atoms with E-state index in [1.54, 1.807) is 31.3 Å². The monoisotopic (exact) mass is 269 g/mol. The van der Waals surface area contributed by atoms with Crippen molar-refractivity contribution >= 4 is 10.0 Å². The lowest BCUT2D eigenvalue weighted by molar-refractivity contribution is 0.278. The van der Waals surface area contributed by atoms with E-state index >= 15 is 0 Å². The molecule has 1 aromatic carbocycles. The molecule has 0 aliphatic heterocycles. The first-order valence-electron chi connectivity index (χ1n) is 6.12. The third-order valence-corrected chi connectivity index (χ3v) is 5.52. The van der Waals surface area contributed by atoms with Gasteiger partial charge in [-0.2, -0.15) is 0 Å². The molecule has 2 unspecified atom stereocenters. The second-order valence-electron chi connectivity index (χ2n) is 5.02. The Labute approximate surface area is 108 Å². The van der Waals surface area contributed by atoms with Gasteiger partial charge in [0.05, 0.1) is 11.5 Å². The van der Waals surface area contributed by atoms with Gasteiger partial charge >= 0.3 is 0 Å². The number of aliphatic hydroxyl groups excluding tert-OH is 1. The first-order chi connectivity index (χ1) is 8.46. The maximum Gasteiger partial charge on any atom is 0.243 e. The average molecular weight is 269 g/mol. The zero-order valence-corrected chi connectivity index (χ0v) is 11.5. The highest BCUT2D eigenvalue weighted by atomic mass is 32.2. The number of nitrogens with zero attached hydrogens (tertiary/aromatic N) is 1. The van der Waals surface area contributed by atoms with E-state index in [4.69, 9.17) is 0 Å². The number of aliphatic hydroxyl groups is 1. The fourth-order valence-corrected chi connectivity index (χ4v) is 3.57. The van der Waals surface area contributed by atoms with Crippen molar-refractivity contribution in [1.82, 2.24) is 4.31 Å². The molecular weight excluding hydrogens is 250 g/mol. The fourth-order valence-electron chi connectivity index (χ4n) is 2.14. The summed E-state index contributed by atoms with van der Waals surface area (Å²) in [5.41, 5.74) is 0.452. The molecule has 0 radical (unpaired) electrons. The second kappa shape index (κ2) is 4.99. The van der Waals surface area contributed by atoms with Gasteiger partial charge in [0.25, 0.3) is 0 Å². The lowest BCUT2D eigenvalue weighted by Gasteiger charge is -2.18. The van der Waals surface area contributed by atoms with E-state index in [1.807, 2.05) is 0 Å². The summed E-state index contributed by atoms with van der Waals surface area (Å²) in [5.74, 6) is 1.10. The minimum absolute atomic E-state index is 0.211. The summed E-state index contributed by atoms with van der Waals surface area (Å²) >= 11 is 0. The predicted octanol–water partition coefficient (Wildman–Crippen LogP) is 1.46. The van der Waals surface area contributed by atoms with Gasteiger partial charge in [-0.15, -0.1) is 0 Å². The standard InChI is InChI=1S/C13H19NO3S/c1-10-7-12(10)8-14(2)18(16,17)13-6-4-3-5-11(13)9-15/h3-6,10,12,15H,7-9H2,1-2H3. The summed E-state index contributed by atoms with van der Waals surface area (Å²) in [6.07, 6.45) is 1.10. The van der Waals surface area contributed by atoms with Crippen molar-refractivity contribution in [3.05, 3.63) is 29.8 Å². The molecule has 1 aliphatic carbocycles. The summed E-state index contributed by atoms with van der Waals surface area (Å²) in [5, 5.41) is 9.22. The van der Waals surface area contributed by atoms with Crippen LogP contribution in [0.2, 0.25) is 0 Å². The third-order valence-electron chi connectivity index (χ3n) is 3.60. The van der Waals surface area contributed by atoms with Crippen LogP contribution in [0.4, 0.5) is 0 Å². The van der Waals surface area contributed by atoms with Crippen molar-refractivity contribution in [2.45, 2.75) is 24.8 Å². The van der Waals surface area contributed by atoms with E-state index < -0.39 is 10.0 Å². The van der Waals surface area contributed by atoms with Crippen LogP contribution in [0.1, 0.15) is 18.9 Å². The summed E-state index contributed by atoms with van der Waals surface area (Å²) in [6, 6.07) is 6.60. The van der Waals surface area contributed by atoms with Gasteiger partial charge in [0.2, 0.25) is 10.0 Å². The van der Waals surface area contributed by atoms with Crippen LogP contribution in [0.5, 0.6) is 0 Å². The van der Waals surface area contributed by atoms with E-state index in [0.29, 0.717) is 23.9 Å². The molecule has 0 spiro atoms. The first kappa shape index (κ1) is 13.5. The van der Waals surface area contributed by atoms with Gasteiger partial charge in [0.15, 0.2) is 0 Å². The smallest absolute Gasteiger partial charge is 0.243 e. The fraction of sp³-hybridized carbons (Fsp3) is 0.538. The first-order valence-corrected chi connectivity index (χ1v) is 7.56. The maximum absolute atomic E-state index is 12.4. The highest BCUT2D eigenvalue weighted by molar-refractivity contribution is 7.89. The Hall–Kier alpha value is -0.910. The molecule has 0 heterocycles. The molecule has 100 valence electrons. The zero-order chi connectivity index (χ0) is 13.3. The van der Waals surface area contributed by atoms with Crippen LogP contribution in [0, 0.1) is 11.8 Å². The van der Waals surface area contributed by atoms with E-state index in [-0.39, 0.29) is 11.5 Å². The van der Waals surface area contributed by atoms with Gasteiger partial charge in [-0.1, -0.05) is 25.1 Å². The van der Waals surface area contributed by atoms with Gasteiger partial charge in [0, 0.05) is 13.6 Å². The highest BCUT2D eigenvalue weighted by Gasteiger charge is 2.36. The number of rotatable bonds is 5. The van der Waals surface area contributed by atoms with Crippen LogP contribution >= 0.6 is 0 Å². The van der Waals surface area contributed by atoms with E-state index in [1.165, 1.54) is 4.31 Å². The molecule has 1 aromatic rings. The Morgan fingerprint density at radius 1 is 1.39 bits per heavy atom. The minimum Gasteiger partial charge on any atom is -0.392 e. The molecule has 18 heavy (non-hydrogen) atoms. The summed E-state index contributed by atoms with van der Waals surface area (Å²) in [4.78, 5) is 0.211. The van der Waals surface area contributed by atoms with Crippen molar-refractivity contribution < 1.29 is 13.5 Å². The third kappa shape index (κ3) is 2.58. The number of hydrogen-bond donors (Lipinski definition) is 1. The van der Waals surface area contributed by atoms with Crippen LogP contribution < -0.4 is 0 Å². The summed E-state index contributed by atoms with van der Waals surface area (Å²) in [6.45, 7) is 2.43. The molecular formula is C13H19NO3S. The van der Waals surface area contributed by atoms with E-state index in [9.17, 15) is 13.5 Å².